The van der Waals surface area contributed by atoms with E-state index in [1.165, 1.54) is 18.3 Å². The molecular formula is C25H20FN3O. The lowest BCUT2D eigenvalue weighted by Crippen LogP contribution is -2.18. The zero-order chi connectivity index (χ0) is 21.1. The van der Waals surface area contributed by atoms with E-state index in [4.69, 9.17) is 4.98 Å². The highest BCUT2D eigenvalue weighted by Crippen LogP contribution is 2.27. The molecule has 0 unspecified atom stereocenters. The molecule has 4 nitrogen and oxygen atoms in total. The number of nitrogens with zero attached hydrogens (tertiary/aromatic N) is 2. The first-order valence-electron chi connectivity index (χ1n) is 9.57. The van der Waals surface area contributed by atoms with Gasteiger partial charge in [0.2, 0.25) is 0 Å². The van der Waals surface area contributed by atoms with Gasteiger partial charge in [-0.05, 0) is 55.3 Å². The van der Waals surface area contributed by atoms with Crippen LogP contribution in [0.4, 0.5) is 4.39 Å². The van der Waals surface area contributed by atoms with Crippen molar-refractivity contribution in [1.29, 1.82) is 0 Å². The Hall–Kier alpha value is -3.86. The monoisotopic (exact) mass is 397 g/mol. The highest BCUT2D eigenvalue weighted by atomic mass is 19.1. The third-order valence-electron chi connectivity index (χ3n) is 4.88. The second-order valence-corrected chi connectivity index (χ2v) is 7.14. The summed E-state index contributed by atoms with van der Waals surface area (Å²) in [7, 11) is 0. The molecule has 0 atom stereocenters. The fraction of sp³-hybridized carbons (Fsp3) is 0.0800. The molecule has 5 heteroatoms. The predicted octanol–water partition coefficient (Wildman–Crippen LogP) is 5.42. The Morgan fingerprint density at radius 3 is 2.57 bits per heavy atom. The summed E-state index contributed by atoms with van der Waals surface area (Å²) in [5, 5.41) is 4.77. The summed E-state index contributed by atoms with van der Waals surface area (Å²) in [5.41, 5.74) is 8.43. The average molecular weight is 397 g/mol. The number of para-hydroxylation sites is 1. The first-order valence-corrected chi connectivity index (χ1v) is 9.57. The Morgan fingerprint density at radius 2 is 1.77 bits per heavy atom. The smallest absolute Gasteiger partial charge is 0.267 e. The molecule has 0 saturated carbocycles. The van der Waals surface area contributed by atoms with E-state index in [1.54, 1.807) is 18.2 Å². The lowest BCUT2D eigenvalue weighted by atomic mass is 9.99. The van der Waals surface area contributed by atoms with Gasteiger partial charge in [0.15, 0.2) is 0 Å². The van der Waals surface area contributed by atoms with Gasteiger partial charge in [-0.3, -0.25) is 4.79 Å². The average Bonchev–Trinajstić information content (AvgIpc) is 2.76. The van der Waals surface area contributed by atoms with Crippen LogP contribution in [0.2, 0.25) is 0 Å². The number of carbonyl (C=O) groups excluding carboxylic acids is 1. The van der Waals surface area contributed by atoms with Crippen LogP contribution in [0.15, 0.2) is 77.9 Å². The number of hydrogen-bond acceptors (Lipinski definition) is 3. The number of pyridine rings is 1. The van der Waals surface area contributed by atoms with Crippen LogP contribution >= 0.6 is 0 Å². The van der Waals surface area contributed by atoms with E-state index < -0.39 is 0 Å². The molecular weight excluding hydrogens is 377 g/mol. The SMILES string of the molecule is Cc1ccc(C)c(-c2cc(C(=O)N/N=C/c3ccc(F)cc3)c3ccccc3n2)c1. The van der Waals surface area contributed by atoms with E-state index in [-0.39, 0.29) is 11.7 Å². The molecule has 1 aromatic heterocycles. The van der Waals surface area contributed by atoms with Gasteiger partial charge in [0.25, 0.3) is 5.91 Å². The molecule has 30 heavy (non-hydrogen) atoms. The van der Waals surface area contributed by atoms with Crippen molar-refractivity contribution in [3.8, 4) is 11.3 Å². The van der Waals surface area contributed by atoms with Gasteiger partial charge in [-0.1, -0.05) is 48.0 Å². The van der Waals surface area contributed by atoms with Crippen molar-refractivity contribution in [3.63, 3.8) is 0 Å². The van der Waals surface area contributed by atoms with Gasteiger partial charge < -0.3 is 0 Å². The molecule has 0 radical (unpaired) electrons. The van der Waals surface area contributed by atoms with Crippen LogP contribution < -0.4 is 5.43 Å². The first kappa shape index (κ1) is 19.5. The summed E-state index contributed by atoms with van der Waals surface area (Å²) in [6.07, 6.45) is 1.48. The maximum atomic E-state index is 13.0. The van der Waals surface area contributed by atoms with Crippen molar-refractivity contribution in [2.75, 3.05) is 0 Å². The van der Waals surface area contributed by atoms with Gasteiger partial charge in [-0.25, -0.2) is 14.8 Å². The fourth-order valence-corrected chi connectivity index (χ4v) is 3.29. The number of nitrogens with one attached hydrogen (secondary N) is 1. The summed E-state index contributed by atoms with van der Waals surface area (Å²) >= 11 is 0. The van der Waals surface area contributed by atoms with Crippen LogP contribution in [0.3, 0.4) is 0 Å². The number of fused-ring (bicyclic) bond motifs is 1. The number of aryl methyl sites for hydroxylation is 2. The standard InChI is InChI=1S/C25H20FN3O/c1-16-7-8-17(2)21(13-16)24-14-22(20-5-3-4-6-23(20)28-24)25(30)29-27-15-18-9-11-19(26)12-10-18/h3-15H,1-2H3,(H,29,30)/b27-15+. The van der Waals surface area contributed by atoms with Crippen molar-refractivity contribution in [3.05, 3.63) is 101 Å². The van der Waals surface area contributed by atoms with Crippen LogP contribution in [-0.2, 0) is 0 Å². The molecule has 0 fully saturated rings. The first-order chi connectivity index (χ1) is 14.5. The summed E-state index contributed by atoms with van der Waals surface area (Å²) in [5.74, 6) is -0.656. The number of hydrogen-bond donors (Lipinski definition) is 1. The number of rotatable bonds is 4. The van der Waals surface area contributed by atoms with Crippen molar-refractivity contribution >= 4 is 23.0 Å². The molecule has 0 aliphatic carbocycles. The number of aromatic nitrogens is 1. The van der Waals surface area contributed by atoms with E-state index in [2.05, 4.69) is 22.7 Å². The van der Waals surface area contributed by atoms with Crippen LogP contribution in [0, 0.1) is 19.7 Å². The number of amides is 1. The highest BCUT2D eigenvalue weighted by Gasteiger charge is 2.14. The number of halogens is 1. The van der Waals surface area contributed by atoms with E-state index in [0.717, 1.165) is 33.3 Å². The molecule has 1 heterocycles. The lowest BCUT2D eigenvalue weighted by molar-refractivity contribution is 0.0956. The van der Waals surface area contributed by atoms with Gasteiger partial charge in [-0.2, -0.15) is 5.10 Å². The molecule has 1 amide bonds. The Balaban J connectivity index is 1.71. The summed E-state index contributed by atoms with van der Waals surface area (Å²) in [6, 6.07) is 21.4. The van der Waals surface area contributed by atoms with E-state index in [0.29, 0.717) is 11.1 Å². The Bertz CT molecular complexity index is 1260. The van der Waals surface area contributed by atoms with E-state index >= 15 is 0 Å². The molecule has 0 aliphatic rings. The summed E-state index contributed by atoms with van der Waals surface area (Å²) in [6.45, 7) is 4.06. The van der Waals surface area contributed by atoms with Crippen molar-refractivity contribution < 1.29 is 9.18 Å². The van der Waals surface area contributed by atoms with Gasteiger partial charge >= 0.3 is 0 Å². The second kappa shape index (κ2) is 8.25. The van der Waals surface area contributed by atoms with Gasteiger partial charge in [-0.15, -0.1) is 0 Å². The third-order valence-corrected chi connectivity index (χ3v) is 4.88. The molecule has 0 saturated heterocycles. The minimum Gasteiger partial charge on any atom is -0.267 e. The number of benzene rings is 3. The van der Waals surface area contributed by atoms with Crippen molar-refractivity contribution in [2.45, 2.75) is 13.8 Å². The lowest BCUT2D eigenvalue weighted by Gasteiger charge is -2.11. The normalized spacial score (nSPS) is 11.2. The number of hydrazone groups is 1. The zero-order valence-corrected chi connectivity index (χ0v) is 16.7. The van der Waals surface area contributed by atoms with Crippen molar-refractivity contribution in [1.82, 2.24) is 10.4 Å². The fourth-order valence-electron chi connectivity index (χ4n) is 3.29. The second-order valence-electron chi connectivity index (χ2n) is 7.14. The van der Waals surface area contributed by atoms with Gasteiger partial charge in [0.1, 0.15) is 5.82 Å². The van der Waals surface area contributed by atoms with E-state index in [1.807, 2.05) is 44.2 Å². The highest BCUT2D eigenvalue weighted by molar-refractivity contribution is 6.07. The Kier molecular flexibility index (Phi) is 5.35. The van der Waals surface area contributed by atoms with Crippen LogP contribution in [-0.4, -0.2) is 17.1 Å². The molecule has 148 valence electrons. The predicted molar refractivity (Wildman–Crippen MR) is 118 cm³/mol. The van der Waals surface area contributed by atoms with Crippen LogP contribution in [0.25, 0.3) is 22.2 Å². The van der Waals surface area contributed by atoms with Gasteiger partial charge in [0.05, 0.1) is 23.0 Å². The van der Waals surface area contributed by atoms with Crippen molar-refractivity contribution in [2.24, 2.45) is 5.10 Å². The largest absolute Gasteiger partial charge is 0.272 e. The summed E-state index contributed by atoms with van der Waals surface area (Å²) in [4.78, 5) is 17.7. The molecule has 0 bridgehead atoms. The maximum Gasteiger partial charge on any atom is 0.272 e. The molecule has 0 aliphatic heterocycles. The maximum absolute atomic E-state index is 13.0. The third kappa shape index (κ3) is 4.10. The van der Waals surface area contributed by atoms with Crippen LogP contribution in [0.1, 0.15) is 27.0 Å². The number of carbonyl (C=O) groups is 1. The topological polar surface area (TPSA) is 54.4 Å². The molecule has 0 spiro atoms. The Morgan fingerprint density at radius 1 is 1.00 bits per heavy atom. The molecule has 3 aromatic carbocycles. The Labute approximate surface area is 174 Å². The molecule has 4 rings (SSSR count). The quantitative estimate of drug-likeness (QED) is 0.369. The molecule has 4 aromatic rings. The van der Waals surface area contributed by atoms with Crippen LogP contribution in [0.5, 0.6) is 0 Å². The minimum atomic E-state index is -0.335. The summed E-state index contributed by atoms with van der Waals surface area (Å²) < 4.78 is 13.0. The molecule has 1 N–H and O–H groups in total. The zero-order valence-electron chi connectivity index (χ0n) is 16.7. The van der Waals surface area contributed by atoms with E-state index in [9.17, 15) is 9.18 Å². The van der Waals surface area contributed by atoms with Gasteiger partial charge in [0, 0.05) is 10.9 Å². The minimum absolute atomic E-state index is 0.321.